The molecule has 1 aliphatic carbocycles. The maximum Gasteiger partial charge on any atom is 0.338 e. The highest BCUT2D eigenvalue weighted by molar-refractivity contribution is 5.90. The highest BCUT2D eigenvalue weighted by atomic mass is 16.6. The molecule has 0 heterocycles. The van der Waals surface area contributed by atoms with Gasteiger partial charge in [0.05, 0.1) is 11.1 Å². The zero-order valence-electron chi connectivity index (χ0n) is 16.7. The molecule has 0 aromatic heterocycles. The zero-order valence-corrected chi connectivity index (χ0v) is 16.7. The molecule has 0 saturated heterocycles. The van der Waals surface area contributed by atoms with E-state index in [2.05, 4.69) is 0 Å². The first-order valence-corrected chi connectivity index (χ1v) is 9.55. The van der Waals surface area contributed by atoms with Crippen molar-refractivity contribution >= 4 is 17.9 Å². The highest BCUT2D eigenvalue weighted by Crippen LogP contribution is 2.31. The summed E-state index contributed by atoms with van der Waals surface area (Å²) < 4.78 is 15.8. The van der Waals surface area contributed by atoms with E-state index >= 15 is 0 Å². The van der Waals surface area contributed by atoms with Crippen molar-refractivity contribution in [2.75, 3.05) is 6.61 Å². The molecule has 3 rings (SSSR count). The van der Waals surface area contributed by atoms with Crippen LogP contribution >= 0.6 is 0 Å². The van der Waals surface area contributed by atoms with Gasteiger partial charge in [-0.25, -0.2) is 9.59 Å². The first-order chi connectivity index (χ1) is 14.8. The molecule has 162 valence electrons. The Kier molecular flexibility index (Phi) is 6.84. The first-order valence-electron chi connectivity index (χ1n) is 9.55. The van der Waals surface area contributed by atoms with Gasteiger partial charge in [-0.15, -0.1) is 0 Å². The monoisotopic (exact) mass is 426 g/mol. The Morgan fingerprint density at radius 1 is 0.871 bits per heavy atom. The molecular weight excluding hydrogens is 404 g/mol. The highest BCUT2D eigenvalue weighted by Gasteiger charge is 2.53. The second-order valence-corrected chi connectivity index (χ2v) is 7.03. The Hall–Kier alpha value is -3.49. The summed E-state index contributed by atoms with van der Waals surface area (Å²) in [4.78, 5) is 36.4. The van der Waals surface area contributed by atoms with E-state index in [0.29, 0.717) is 0 Å². The fourth-order valence-corrected chi connectivity index (χ4v) is 3.16. The molecule has 0 radical (unpaired) electrons. The van der Waals surface area contributed by atoms with Crippen LogP contribution in [0, 0.1) is 0 Å². The van der Waals surface area contributed by atoms with E-state index in [9.17, 15) is 24.6 Å². The van der Waals surface area contributed by atoms with E-state index in [0.717, 1.165) is 6.92 Å². The molecule has 4 atom stereocenters. The lowest BCUT2D eigenvalue weighted by Gasteiger charge is -2.42. The normalized spacial score (nSPS) is 24.8. The van der Waals surface area contributed by atoms with Crippen LogP contribution in [0.25, 0.3) is 0 Å². The smallest absolute Gasteiger partial charge is 0.338 e. The maximum absolute atomic E-state index is 12.5. The zero-order chi connectivity index (χ0) is 22.4. The van der Waals surface area contributed by atoms with Gasteiger partial charge in [-0.3, -0.25) is 4.79 Å². The topological polar surface area (TPSA) is 119 Å². The second kappa shape index (κ2) is 9.55. The molecule has 1 aliphatic rings. The molecule has 0 amide bonds. The lowest BCUT2D eigenvalue weighted by Crippen LogP contribution is -2.63. The predicted octanol–water partition coefficient (Wildman–Crippen LogP) is 1.66. The van der Waals surface area contributed by atoms with Crippen LogP contribution in [0.2, 0.25) is 0 Å². The molecule has 0 aliphatic heterocycles. The molecule has 0 bridgehead atoms. The SMILES string of the molecule is CC(=O)O[C@@H]1[C@H](OC(=O)c2ccccc2)C=C[C@H](O)[C@@]1(O)COC(=O)c1ccccc1. The average Bonchev–Trinajstić information content (AvgIpc) is 2.78. The van der Waals surface area contributed by atoms with Crippen LogP contribution in [0.4, 0.5) is 0 Å². The Labute approximate surface area is 178 Å². The van der Waals surface area contributed by atoms with Crippen LogP contribution in [-0.4, -0.2) is 58.6 Å². The lowest BCUT2D eigenvalue weighted by atomic mass is 9.82. The molecule has 8 nitrogen and oxygen atoms in total. The summed E-state index contributed by atoms with van der Waals surface area (Å²) in [5.74, 6) is -2.23. The summed E-state index contributed by atoms with van der Waals surface area (Å²) in [5.41, 5.74) is -1.75. The van der Waals surface area contributed by atoms with Gasteiger partial charge in [0.1, 0.15) is 12.7 Å². The molecule has 8 heteroatoms. The second-order valence-electron chi connectivity index (χ2n) is 7.03. The predicted molar refractivity (Wildman–Crippen MR) is 108 cm³/mol. The minimum absolute atomic E-state index is 0.239. The van der Waals surface area contributed by atoms with Gasteiger partial charge in [0.25, 0.3) is 0 Å². The fraction of sp³-hybridized carbons (Fsp3) is 0.261. The summed E-state index contributed by atoms with van der Waals surface area (Å²) >= 11 is 0. The van der Waals surface area contributed by atoms with E-state index < -0.39 is 48.4 Å². The number of aliphatic hydroxyl groups is 2. The Balaban J connectivity index is 1.81. The number of benzene rings is 2. The average molecular weight is 426 g/mol. The van der Waals surface area contributed by atoms with Crippen LogP contribution < -0.4 is 0 Å². The molecule has 0 spiro atoms. The van der Waals surface area contributed by atoms with Crippen molar-refractivity contribution in [2.24, 2.45) is 0 Å². The van der Waals surface area contributed by atoms with Crippen LogP contribution in [0.5, 0.6) is 0 Å². The largest absolute Gasteiger partial charge is 0.459 e. The number of carbonyl (C=O) groups is 3. The van der Waals surface area contributed by atoms with Crippen molar-refractivity contribution in [1.29, 1.82) is 0 Å². The Morgan fingerprint density at radius 2 is 1.42 bits per heavy atom. The number of hydrogen-bond donors (Lipinski definition) is 2. The molecule has 2 aromatic carbocycles. The third kappa shape index (κ3) is 5.17. The van der Waals surface area contributed by atoms with Crippen LogP contribution in [-0.2, 0) is 19.0 Å². The van der Waals surface area contributed by atoms with Crippen molar-refractivity contribution in [3.8, 4) is 0 Å². The fourth-order valence-electron chi connectivity index (χ4n) is 3.16. The van der Waals surface area contributed by atoms with E-state index in [-0.39, 0.29) is 11.1 Å². The minimum atomic E-state index is -2.24. The lowest BCUT2D eigenvalue weighted by molar-refractivity contribution is -0.205. The van der Waals surface area contributed by atoms with Crippen molar-refractivity contribution in [2.45, 2.75) is 30.8 Å². The van der Waals surface area contributed by atoms with Gasteiger partial charge in [-0.1, -0.05) is 42.5 Å². The molecular formula is C23H22O8. The van der Waals surface area contributed by atoms with Crippen molar-refractivity contribution in [1.82, 2.24) is 0 Å². The van der Waals surface area contributed by atoms with E-state index in [4.69, 9.17) is 14.2 Å². The van der Waals surface area contributed by atoms with E-state index in [1.165, 1.54) is 24.3 Å². The summed E-state index contributed by atoms with van der Waals surface area (Å²) in [6, 6.07) is 16.2. The van der Waals surface area contributed by atoms with Gasteiger partial charge >= 0.3 is 17.9 Å². The number of esters is 3. The number of rotatable bonds is 6. The summed E-state index contributed by atoms with van der Waals surface area (Å²) in [6.07, 6.45) is -1.78. The number of hydrogen-bond acceptors (Lipinski definition) is 8. The van der Waals surface area contributed by atoms with Gasteiger partial charge in [-0.05, 0) is 30.3 Å². The number of aliphatic hydroxyl groups excluding tert-OH is 1. The quantitative estimate of drug-likeness (QED) is 0.407. The third-order valence-electron chi connectivity index (χ3n) is 4.78. The third-order valence-corrected chi connectivity index (χ3v) is 4.78. The number of carbonyl (C=O) groups excluding carboxylic acids is 3. The maximum atomic E-state index is 12.5. The summed E-state index contributed by atoms with van der Waals surface area (Å²) in [7, 11) is 0. The first kappa shape index (κ1) is 22.2. The van der Waals surface area contributed by atoms with E-state index in [1.807, 2.05) is 0 Å². The number of ether oxygens (including phenoxy) is 3. The molecule has 0 fully saturated rings. The Morgan fingerprint density at radius 3 is 1.97 bits per heavy atom. The van der Waals surface area contributed by atoms with Crippen molar-refractivity contribution < 1.29 is 38.8 Å². The van der Waals surface area contributed by atoms with Crippen LogP contribution in [0.15, 0.2) is 72.8 Å². The summed E-state index contributed by atoms with van der Waals surface area (Å²) in [6.45, 7) is 0.404. The van der Waals surface area contributed by atoms with Gasteiger partial charge in [0, 0.05) is 6.92 Å². The molecule has 2 aromatic rings. The molecule has 31 heavy (non-hydrogen) atoms. The molecule has 2 N–H and O–H groups in total. The van der Waals surface area contributed by atoms with Crippen LogP contribution in [0.3, 0.4) is 0 Å². The van der Waals surface area contributed by atoms with Crippen LogP contribution in [0.1, 0.15) is 27.6 Å². The van der Waals surface area contributed by atoms with Gasteiger partial charge in [0.2, 0.25) is 0 Å². The Bertz CT molecular complexity index is 956. The standard InChI is InChI=1S/C23H22O8/c1-15(24)30-20-18(31-22(27)17-10-6-3-7-11-17)12-13-19(25)23(20,28)14-29-21(26)16-8-4-2-5-9-16/h2-13,18-20,25,28H,14H2,1H3/t18-,19+,20-,23+/m1/s1. The molecule has 0 saturated carbocycles. The van der Waals surface area contributed by atoms with Gasteiger partial charge < -0.3 is 24.4 Å². The summed E-state index contributed by atoms with van der Waals surface area (Å²) in [5, 5.41) is 21.6. The van der Waals surface area contributed by atoms with Crippen molar-refractivity contribution in [3.63, 3.8) is 0 Å². The van der Waals surface area contributed by atoms with E-state index in [1.54, 1.807) is 48.5 Å². The van der Waals surface area contributed by atoms with Gasteiger partial charge in [-0.2, -0.15) is 0 Å². The minimum Gasteiger partial charge on any atom is -0.459 e. The van der Waals surface area contributed by atoms with Crippen molar-refractivity contribution in [3.05, 3.63) is 83.9 Å². The molecule has 0 unspecified atom stereocenters. The van der Waals surface area contributed by atoms with Gasteiger partial charge in [0.15, 0.2) is 17.8 Å².